The second kappa shape index (κ2) is 9.29. The van der Waals surface area contributed by atoms with Crippen LogP contribution in [0.25, 0.3) is 11.4 Å². The van der Waals surface area contributed by atoms with Crippen LogP contribution in [0.3, 0.4) is 0 Å². The molecular weight excluding hydrogens is 338 g/mol. The van der Waals surface area contributed by atoms with Crippen molar-refractivity contribution >= 4 is 0 Å². The molecule has 1 aliphatic rings. The molecule has 0 saturated carbocycles. The fourth-order valence-electron chi connectivity index (χ4n) is 3.74. The third-order valence-corrected chi connectivity index (χ3v) is 5.16. The van der Waals surface area contributed by atoms with Crippen LogP contribution in [0.5, 0.6) is 0 Å². The molecule has 0 amide bonds. The number of aromatic amines is 1. The molecule has 0 atom stereocenters. The predicted molar refractivity (Wildman–Crippen MR) is 109 cm³/mol. The van der Waals surface area contributed by atoms with Crippen LogP contribution in [-0.4, -0.2) is 41.7 Å². The van der Waals surface area contributed by atoms with Gasteiger partial charge < -0.3 is 9.72 Å². The highest BCUT2D eigenvalue weighted by Crippen LogP contribution is 2.21. The Hall–Kier alpha value is -1.98. The minimum absolute atomic E-state index is 0.0846. The summed E-state index contributed by atoms with van der Waals surface area (Å²) in [6, 6.07) is 10.0. The number of piperidine rings is 1. The molecule has 5 heteroatoms. The summed E-state index contributed by atoms with van der Waals surface area (Å²) < 4.78 is 5.28. The lowest BCUT2D eigenvalue weighted by Gasteiger charge is -2.31. The van der Waals surface area contributed by atoms with Gasteiger partial charge in [-0.25, -0.2) is 4.98 Å². The number of aromatic nitrogens is 2. The van der Waals surface area contributed by atoms with Gasteiger partial charge in [-0.1, -0.05) is 38.1 Å². The van der Waals surface area contributed by atoms with Gasteiger partial charge in [-0.3, -0.25) is 9.69 Å². The number of hydrogen-bond donors (Lipinski definition) is 1. The minimum atomic E-state index is -0.0846. The second-order valence-electron chi connectivity index (χ2n) is 8.06. The van der Waals surface area contributed by atoms with E-state index in [0.717, 1.165) is 43.9 Å². The van der Waals surface area contributed by atoms with Crippen molar-refractivity contribution < 1.29 is 4.74 Å². The zero-order valence-electron chi connectivity index (χ0n) is 16.7. The molecule has 1 N–H and O–H groups in total. The van der Waals surface area contributed by atoms with Crippen molar-refractivity contribution in [2.45, 2.75) is 39.7 Å². The largest absolute Gasteiger partial charge is 0.384 e. The number of benzene rings is 1. The highest BCUT2D eigenvalue weighted by molar-refractivity contribution is 5.55. The number of hydrogen-bond acceptors (Lipinski definition) is 4. The van der Waals surface area contributed by atoms with Crippen LogP contribution >= 0.6 is 0 Å². The molecule has 1 aromatic carbocycles. The van der Waals surface area contributed by atoms with Crippen molar-refractivity contribution in [3.63, 3.8) is 0 Å². The predicted octanol–water partition coefficient (Wildman–Crippen LogP) is 3.49. The van der Waals surface area contributed by atoms with E-state index in [9.17, 15) is 4.79 Å². The maximum absolute atomic E-state index is 12.0. The lowest BCUT2D eigenvalue weighted by molar-refractivity contribution is 0.0968. The first-order valence-corrected chi connectivity index (χ1v) is 9.94. The van der Waals surface area contributed by atoms with Gasteiger partial charge in [0.1, 0.15) is 5.82 Å². The van der Waals surface area contributed by atoms with Crippen LogP contribution in [0.4, 0.5) is 0 Å². The van der Waals surface area contributed by atoms with Crippen LogP contribution in [0.2, 0.25) is 0 Å². The molecule has 0 unspecified atom stereocenters. The Kier molecular flexibility index (Phi) is 6.80. The second-order valence-corrected chi connectivity index (χ2v) is 8.06. The van der Waals surface area contributed by atoms with Crippen LogP contribution in [-0.2, 0) is 17.7 Å². The van der Waals surface area contributed by atoms with E-state index in [4.69, 9.17) is 4.74 Å². The summed E-state index contributed by atoms with van der Waals surface area (Å²) in [5.41, 5.74) is 3.02. The monoisotopic (exact) mass is 369 g/mol. The number of methoxy groups -OCH3 is 1. The summed E-state index contributed by atoms with van der Waals surface area (Å²) in [6.07, 6.45) is 3.23. The lowest BCUT2D eigenvalue weighted by atomic mass is 9.97. The van der Waals surface area contributed by atoms with Gasteiger partial charge >= 0.3 is 0 Å². The Balaban J connectivity index is 1.64. The molecule has 0 aliphatic carbocycles. The van der Waals surface area contributed by atoms with Gasteiger partial charge in [0.25, 0.3) is 5.56 Å². The quantitative estimate of drug-likeness (QED) is 0.812. The number of nitrogens with one attached hydrogen (secondary N) is 1. The first kappa shape index (κ1) is 19.8. The Morgan fingerprint density at radius 1 is 1.22 bits per heavy atom. The first-order valence-electron chi connectivity index (χ1n) is 9.94. The Bertz CT molecular complexity index is 775. The summed E-state index contributed by atoms with van der Waals surface area (Å²) in [4.78, 5) is 22.0. The molecule has 5 nitrogen and oxygen atoms in total. The van der Waals surface area contributed by atoms with Crippen molar-refractivity contribution in [2.24, 2.45) is 11.8 Å². The molecule has 0 radical (unpaired) electrons. The molecule has 0 spiro atoms. The molecule has 2 heterocycles. The van der Waals surface area contributed by atoms with E-state index in [1.54, 1.807) is 13.2 Å². The molecule has 1 fully saturated rings. The first-order chi connectivity index (χ1) is 13.0. The van der Waals surface area contributed by atoms with Crippen molar-refractivity contribution in [3.8, 4) is 11.4 Å². The maximum Gasteiger partial charge on any atom is 0.251 e. The van der Waals surface area contributed by atoms with E-state index >= 15 is 0 Å². The normalized spacial score (nSPS) is 16.1. The summed E-state index contributed by atoms with van der Waals surface area (Å²) in [5.74, 6) is 1.84. The van der Waals surface area contributed by atoms with Crippen molar-refractivity contribution in [2.75, 3.05) is 26.8 Å². The summed E-state index contributed by atoms with van der Waals surface area (Å²) in [7, 11) is 1.79. The van der Waals surface area contributed by atoms with Gasteiger partial charge in [0.2, 0.25) is 0 Å². The topological polar surface area (TPSA) is 58.2 Å². The number of likely N-dealkylation sites (tertiary alicyclic amines) is 1. The van der Waals surface area contributed by atoms with E-state index in [1.165, 1.54) is 18.4 Å². The molecule has 1 saturated heterocycles. The molecular formula is C22H31N3O2. The van der Waals surface area contributed by atoms with E-state index in [2.05, 4.69) is 53.0 Å². The average molecular weight is 370 g/mol. The zero-order valence-corrected chi connectivity index (χ0v) is 16.7. The van der Waals surface area contributed by atoms with Gasteiger partial charge in [-0.15, -0.1) is 0 Å². The number of H-pyrrole nitrogens is 1. The Morgan fingerprint density at radius 2 is 1.93 bits per heavy atom. The minimum Gasteiger partial charge on any atom is -0.384 e. The van der Waals surface area contributed by atoms with Crippen molar-refractivity contribution in [1.29, 1.82) is 0 Å². The van der Waals surface area contributed by atoms with Gasteiger partial charge in [0.05, 0.1) is 0 Å². The van der Waals surface area contributed by atoms with E-state index in [0.29, 0.717) is 17.7 Å². The fraction of sp³-hybridized carbons (Fsp3) is 0.545. The fourth-order valence-corrected chi connectivity index (χ4v) is 3.74. The van der Waals surface area contributed by atoms with Crippen molar-refractivity contribution in [3.05, 3.63) is 51.9 Å². The van der Waals surface area contributed by atoms with Crippen molar-refractivity contribution in [1.82, 2.24) is 14.9 Å². The standard InChI is InChI=1S/C22H31N3O2/c1-16(2)12-20-13-21(26)24-22(23-20)19-6-4-17(5-7-19)14-25-10-8-18(9-11-25)15-27-3/h4-7,13,16,18H,8-12,14-15H2,1-3H3,(H,23,24,26). The molecule has 1 aromatic heterocycles. The zero-order chi connectivity index (χ0) is 19.2. The maximum atomic E-state index is 12.0. The lowest BCUT2D eigenvalue weighted by Crippen LogP contribution is -2.34. The van der Waals surface area contributed by atoms with Gasteiger partial charge in [-0.2, -0.15) is 0 Å². The molecule has 3 rings (SSSR count). The van der Waals surface area contributed by atoms with Crippen LogP contribution in [0.15, 0.2) is 35.1 Å². The third kappa shape index (κ3) is 5.75. The summed E-state index contributed by atoms with van der Waals surface area (Å²) in [5, 5.41) is 0. The Labute approximate surface area is 161 Å². The third-order valence-electron chi connectivity index (χ3n) is 5.16. The van der Waals surface area contributed by atoms with Crippen LogP contribution in [0.1, 0.15) is 37.9 Å². The molecule has 146 valence electrons. The van der Waals surface area contributed by atoms with Gasteiger partial charge in [-0.05, 0) is 49.8 Å². The van der Waals surface area contributed by atoms with E-state index < -0.39 is 0 Å². The average Bonchev–Trinajstić information content (AvgIpc) is 2.63. The van der Waals surface area contributed by atoms with Crippen LogP contribution in [0, 0.1) is 11.8 Å². The molecule has 0 bridgehead atoms. The highest BCUT2D eigenvalue weighted by Gasteiger charge is 2.19. The molecule has 27 heavy (non-hydrogen) atoms. The number of nitrogens with zero attached hydrogens (tertiary/aromatic N) is 2. The Morgan fingerprint density at radius 3 is 2.56 bits per heavy atom. The van der Waals surface area contributed by atoms with Crippen LogP contribution < -0.4 is 5.56 Å². The number of ether oxygens (including phenoxy) is 1. The smallest absolute Gasteiger partial charge is 0.251 e. The van der Waals surface area contributed by atoms with E-state index in [-0.39, 0.29) is 5.56 Å². The highest BCUT2D eigenvalue weighted by atomic mass is 16.5. The number of rotatable bonds is 7. The SMILES string of the molecule is COCC1CCN(Cc2ccc(-c3nc(CC(C)C)cc(=O)[nH]3)cc2)CC1. The molecule has 2 aromatic rings. The molecule has 1 aliphatic heterocycles. The summed E-state index contributed by atoms with van der Waals surface area (Å²) in [6.45, 7) is 8.37. The summed E-state index contributed by atoms with van der Waals surface area (Å²) >= 11 is 0. The van der Waals surface area contributed by atoms with E-state index in [1.807, 2.05) is 0 Å². The van der Waals surface area contributed by atoms with Gasteiger partial charge in [0, 0.05) is 37.6 Å². The van der Waals surface area contributed by atoms with Gasteiger partial charge in [0.15, 0.2) is 0 Å².